The van der Waals surface area contributed by atoms with Gasteiger partial charge in [0.1, 0.15) is 5.76 Å². The van der Waals surface area contributed by atoms with E-state index in [0.29, 0.717) is 0 Å². The Bertz CT molecular complexity index is 1960. The molecule has 43 heavy (non-hydrogen) atoms. The Balaban J connectivity index is 1.32. The Morgan fingerprint density at radius 2 is 1.35 bits per heavy atom. The smallest absolute Gasteiger partial charge is 0.247 e. The lowest BCUT2D eigenvalue weighted by Gasteiger charge is -2.45. The number of ether oxygens (including phenoxy) is 1. The third-order valence-electron chi connectivity index (χ3n) is 10.1. The molecular formula is C39H33BN2O. The van der Waals surface area contributed by atoms with Crippen LogP contribution in [0, 0.1) is 0 Å². The van der Waals surface area contributed by atoms with Crippen LogP contribution in [-0.4, -0.2) is 6.71 Å². The monoisotopic (exact) mass is 556 g/mol. The predicted octanol–water partition coefficient (Wildman–Crippen LogP) is 7.94. The van der Waals surface area contributed by atoms with Crippen molar-refractivity contribution in [3.05, 3.63) is 138 Å². The molecule has 0 bridgehead atoms. The minimum atomic E-state index is -0.0837. The van der Waals surface area contributed by atoms with E-state index in [-0.39, 0.29) is 12.1 Å². The van der Waals surface area contributed by atoms with Crippen LogP contribution in [0.25, 0.3) is 0 Å². The minimum Gasteiger partial charge on any atom is -0.458 e. The Kier molecular flexibility index (Phi) is 5.29. The molecule has 0 atom stereocenters. The molecule has 0 radical (unpaired) electrons. The highest BCUT2D eigenvalue weighted by Gasteiger charge is 2.46. The molecule has 4 aliphatic rings. The van der Waals surface area contributed by atoms with Gasteiger partial charge in [0.15, 0.2) is 5.75 Å². The van der Waals surface area contributed by atoms with Crippen molar-refractivity contribution in [1.82, 2.24) is 0 Å². The topological polar surface area (TPSA) is 15.7 Å². The third kappa shape index (κ3) is 3.50. The van der Waals surface area contributed by atoms with Crippen LogP contribution in [0.2, 0.25) is 0 Å². The van der Waals surface area contributed by atoms with E-state index < -0.39 is 0 Å². The van der Waals surface area contributed by atoms with Gasteiger partial charge in [-0.3, -0.25) is 0 Å². The summed E-state index contributed by atoms with van der Waals surface area (Å²) in [5, 5.41) is 0. The molecule has 4 heteroatoms. The van der Waals surface area contributed by atoms with Crippen LogP contribution in [0.1, 0.15) is 50.7 Å². The molecule has 0 fully saturated rings. The fourth-order valence-electron chi connectivity index (χ4n) is 8.14. The summed E-state index contributed by atoms with van der Waals surface area (Å²) in [6, 6.07) is 42.6. The second-order valence-electron chi connectivity index (χ2n) is 12.8. The van der Waals surface area contributed by atoms with Crippen LogP contribution in [0.15, 0.2) is 127 Å². The first-order valence-electron chi connectivity index (χ1n) is 15.6. The van der Waals surface area contributed by atoms with Crippen molar-refractivity contribution in [1.29, 1.82) is 0 Å². The summed E-state index contributed by atoms with van der Waals surface area (Å²) in [4.78, 5) is 4.97. The number of hydrogen-bond donors (Lipinski definition) is 0. The molecule has 0 unspecified atom stereocenters. The molecule has 1 aliphatic carbocycles. The van der Waals surface area contributed by atoms with Gasteiger partial charge in [-0.15, -0.1) is 0 Å². The SMILES string of the molecule is CC1(C)c2ccccc2B2c3ccc(N4C5=C(CCCC5)Oc5ccccc54)cc3N(c3ccccc3)c3cccc1c32. The zero-order valence-corrected chi connectivity index (χ0v) is 24.7. The van der Waals surface area contributed by atoms with Crippen molar-refractivity contribution in [2.75, 3.05) is 9.80 Å². The number of allylic oxidation sites excluding steroid dienone is 2. The fourth-order valence-corrected chi connectivity index (χ4v) is 8.14. The van der Waals surface area contributed by atoms with Gasteiger partial charge in [-0.1, -0.05) is 92.1 Å². The minimum absolute atomic E-state index is 0.0837. The summed E-state index contributed by atoms with van der Waals surface area (Å²) in [6.45, 7) is 4.95. The summed E-state index contributed by atoms with van der Waals surface area (Å²) in [7, 11) is 0. The number of rotatable bonds is 2. The second kappa shape index (κ2) is 9.15. The lowest BCUT2D eigenvalue weighted by Crippen LogP contribution is -2.64. The fraction of sp³-hybridized carbons (Fsp3) is 0.179. The van der Waals surface area contributed by atoms with E-state index in [0.717, 1.165) is 30.0 Å². The van der Waals surface area contributed by atoms with Crippen LogP contribution >= 0.6 is 0 Å². The van der Waals surface area contributed by atoms with E-state index in [4.69, 9.17) is 4.74 Å². The number of hydrogen-bond acceptors (Lipinski definition) is 3. The van der Waals surface area contributed by atoms with E-state index in [1.54, 1.807) is 0 Å². The van der Waals surface area contributed by atoms with E-state index in [9.17, 15) is 0 Å². The summed E-state index contributed by atoms with van der Waals surface area (Å²) >= 11 is 0. The molecule has 0 spiro atoms. The normalized spacial score (nSPS) is 17.3. The van der Waals surface area contributed by atoms with Gasteiger partial charge in [0.2, 0.25) is 6.71 Å². The highest BCUT2D eigenvalue weighted by Crippen LogP contribution is 2.48. The lowest BCUT2D eigenvalue weighted by atomic mass is 9.30. The van der Waals surface area contributed by atoms with Crippen LogP contribution in [0.3, 0.4) is 0 Å². The van der Waals surface area contributed by atoms with Crippen LogP contribution in [0.4, 0.5) is 28.4 Å². The van der Waals surface area contributed by atoms with Crippen molar-refractivity contribution >= 4 is 51.5 Å². The van der Waals surface area contributed by atoms with E-state index in [1.165, 1.54) is 68.8 Å². The average molecular weight is 557 g/mol. The van der Waals surface area contributed by atoms with Gasteiger partial charge in [-0.2, -0.15) is 0 Å². The van der Waals surface area contributed by atoms with Crippen LogP contribution in [0.5, 0.6) is 5.75 Å². The molecule has 0 amide bonds. The highest BCUT2D eigenvalue weighted by atomic mass is 16.5. The van der Waals surface area contributed by atoms with Crippen LogP contribution < -0.4 is 30.9 Å². The van der Waals surface area contributed by atoms with Gasteiger partial charge in [0.25, 0.3) is 0 Å². The molecule has 0 saturated heterocycles. The molecule has 0 aromatic heterocycles. The maximum atomic E-state index is 6.48. The number of nitrogens with zero attached hydrogens (tertiary/aromatic N) is 2. The van der Waals surface area contributed by atoms with Crippen molar-refractivity contribution in [3.63, 3.8) is 0 Å². The van der Waals surface area contributed by atoms with Gasteiger partial charge < -0.3 is 14.5 Å². The largest absolute Gasteiger partial charge is 0.458 e. The standard InChI is InChI=1S/C39H33BN2O/c1-39(2)28-15-6-7-17-30(28)40-31-24-23-27(42-32-18-8-10-21-36(32)43-37-22-11-9-19-33(37)42)25-35(31)41(26-13-4-3-5-14-26)34-20-12-16-29(39)38(34)40/h3-8,10,12-18,20-21,23-25H,9,11,19,22H2,1-2H3. The van der Waals surface area contributed by atoms with E-state index >= 15 is 0 Å². The highest BCUT2D eigenvalue weighted by molar-refractivity contribution is 6.99. The molecular weight excluding hydrogens is 523 g/mol. The number of para-hydroxylation sites is 3. The van der Waals surface area contributed by atoms with E-state index in [1.807, 2.05) is 0 Å². The van der Waals surface area contributed by atoms with Gasteiger partial charge >= 0.3 is 0 Å². The molecule has 3 aliphatic heterocycles. The lowest BCUT2D eigenvalue weighted by molar-refractivity contribution is 0.363. The zero-order valence-electron chi connectivity index (χ0n) is 24.7. The number of benzene rings is 5. The summed E-state index contributed by atoms with van der Waals surface area (Å²) in [5.41, 5.74) is 14.3. The van der Waals surface area contributed by atoms with Gasteiger partial charge in [-0.05, 0) is 83.8 Å². The van der Waals surface area contributed by atoms with Crippen molar-refractivity contribution in [2.24, 2.45) is 0 Å². The molecule has 5 aromatic carbocycles. The van der Waals surface area contributed by atoms with Gasteiger partial charge in [0.05, 0.1) is 11.4 Å². The van der Waals surface area contributed by atoms with Crippen molar-refractivity contribution in [3.8, 4) is 5.75 Å². The summed E-state index contributed by atoms with van der Waals surface area (Å²) in [5.74, 6) is 2.07. The molecule has 3 nitrogen and oxygen atoms in total. The van der Waals surface area contributed by atoms with Crippen LogP contribution in [-0.2, 0) is 5.41 Å². The quantitative estimate of drug-likeness (QED) is 0.202. The summed E-state index contributed by atoms with van der Waals surface area (Å²) in [6.07, 6.45) is 4.39. The first-order chi connectivity index (χ1) is 21.1. The second-order valence-corrected chi connectivity index (χ2v) is 12.8. The zero-order chi connectivity index (χ0) is 28.7. The Labute approximate surface area is 254 Å². The average Bonchev–Trinajstić information content (AvgIpc) is 3.05. The number of anilines is 5. The van der Waals surface area contributed by atoms with Crippen molar-refractivity contribution in [2.45, 2.75) is 44.9 Å². The molecule has 3 heterocycles. The van der Waals surface area contributed by atoms with Crippen molar-refractivity contribution < 1.29 is 4.74 Å². The van der Waals surface area contributed by atoms with E-state index in [2.05, 4.69) is 139 Å². The predicted molar refractivity (Wildman–Crippen MR) is 179 cm³/mol. The maximum absolute atomic E-state index is 6.48. The molecule has 0 saturated carbocycles. The molecule has 208 valence electrons. The van der Waals surface area contributed by atoms with Gasteiger partial charge in [0, 0.05) is 34.6 Å². The van der Waals surface area contributed by atoms with Gasteiger partial charge in [-0.25, -0.2) is 0 Å². The molecule has 0 N–H and O–H groups in total. The summed E-state index contributed by atoms with van der Waals surface area (Å²) < 4.78 is 6.48. The first-order valence-corrected chi connectivity index (χ1v) is 15.6. The Morgan fingerprint density at radius 3 is 2.26 bits per heavy atom. The molecule has 5 aromatic rings. The number of fused-ring (bicyclic) bond motifs is 5. The Morgan fingerprint density at radius 1 is 0.605 bits per heavy atom. The first kappa shape index (κ1) is 24.9. The third-order valence-corrected chi connectivity index (χ3v) is 10.1. The Hall–Kier alpha value is -4.70. The maximum Gasteiger partial charge on any atom is 0.247 e. The molecule has 9 rings (SSSR count).